The van der Waals surface area contributed by atoms with Gasteiger partial charge in [-0.15, -0.1) is 0 Å². The van der Waals surface area contributed by atoms with Gasteiger partial charge in [0.1, 0.15) is 5.82 Å². The molecule has 0 radical (unpaired) electrons. The molecule has 1 heterocycles. The van der Waals surface area contributed by atoms with E-state index in [0.717, 1.165) is 12.8 Å². The molecule has 0 bridgehead atoms. The van der Waals surface area contributed by atoms with Gasteiger partial charge in [0, 0.05) is 19.2 Å². The summed E-state index contributed by atoms with van der Waals surface area (Å²) in [6.07, 6.45) is 1.61. The van der Waals surface area contributed by atoms with E-state index in [1.807, 2.05) is 0 Å². The topological polar surface area (TPSA) is 103 Å². The van der Waals surface area contributed by atoms with Crippen molar-refractivity contribution in [3.63, 3.8) is 0 Å². The van der Waals surface area contributed by atoms with Crippen LogP contribution in [-0.2, 0) is 0 Å². The Bertz CT molecular complexity index is 820. The first-order valence-electron chi connectivity index (χ1n) is 6.86. The molecule has 3 rings (SSSR count). The van der Waals surface area contributed by atoms with Crippen LogP contribution >= 0.6 is 0 Å². The molecule has 116 valence electrons. The van der Waals surface area contributed by atoms with Gasteiger partial charge in [-0.1, -0.05) is 6.07 Å². The van der Waals surface area contributed by atoms with Crippen LogP contribution < -0.4 is 21.8 Å². The fourth-order valence-corrected chi connectivity index (χ4v) is 2.41. The van der Waals surface area contributed by atoms with Crippen LogP contribution in [0.2, 0.25) is 0 Å². The van der Waals surface area contributed by atoms with Gasteiger partial charge < -0.3 is 15.8 Å². The summed E-state index contributed by atoms with van der Waals surface area (Å²) < 4.78 is 2.54. The number of aromatic nitrogens is 2. The minimum absolute atomic E-state index is 0.00405. The first-order chi connectivity index (χ1) is 10.5. The molecular weight excluding hydrogens is 288 g/mol. The van der Waals surface area contributed by atoms with Gasteiger partial charge in [0.15, 0.2) is 0 Å². The van der Waals surface area contributed by atoms with Gasteiger partial charge in [-0.25, -0.2) is 9.36 Å². The van der Waals surface area contributed by atoms with Crippen LogP contribution in [0.5, 0.6) is 0 Å². The summed E-state index contributed by atoms with van der Waals surface area (Å²) >= 11 is 0. The van der Waals surface area contributed by atoms with Crippen molar-refractivity contribution in [1.82, 2.24) is 9.13 Å². The van der Waals surface area contributed by atoms with Crippen molar-refractivity contribution in [2.45, 2.75) is 18.9 Å². The van der Waals surface area contributed by atoms with Crippen molar-refractivity contribution in [3.8, 4) is 5.69 Å². The number of hydrogen-bond donors (Lipinski definition) is 2. The number of rotatable bonds is 4. The van der Waals surface area contributed by atoms with E-state index in [-0.39, 0.29) is 22.5 Å². The molecule has 0 spiro atoms. The van der Waals surface area contributed by atoms with Gasteiger partial charge in [0.2, 0.25) is 0 Å². The minimum atomic E-state index is -0.466. The lowest BCUT2D eigenvalue weighted by Gasteiger charge is -2.23. The summed E-state index contributed by atoms with van der Waals surface area (Å²) in [6, 6.07) is 7.24. The second kappa shape index (κ2) is 5.32. The van der Waals surface area contributed by atoms with E-state index in [1.54, 1.807) is 19.2 Å². The molecule has 0 amide bonds. The molecule has 0 atom stereocenters. The summed E-state index contributed by atoms with van der Waals surface area (Å²) in [5.74, 6) is 0.319. The molecule has 0 saturated heterocycles. The van der Waals surface area contributed by atoms with Crippen molar-refractivity contribution in [3.05, 3.63) is 56.4 Å². The van der Waals surface area contributed by atoms with Crippen LogP contribution in [0.1, 0.15) is 18.9 Å². The monoisotopic (exact) mass is 303 g/mol. The molecule has 22 heavy (non-hydrogen) atoms. The van der Waals surface area contributed by atoms with E-state index in [4.69, 9.17) is 5.21 Å². The standard InChI is InChI=1S/C14H15N4O4/c1-15-12-8-13(19)17(9-5-6-9)14(20)16(12)10-3-2-4-11(7-10)18(21)22/h2-4,7-9,15,21H,5-6H2,1H3/q-1. The minimum Gasteiger partial charge on any atom is -0.733 e. The summed E-state index contributed by atoms with van der Waals surface area (Å²) in [6.45, 7) is 0. The summed E-state index contributed by atoms with van der Waals surface area (Å²) in [5.41, 5.74) is -0.435. The van der Waals surface area contributed by atoms with Crippen LogP contribution in [0.4, 0.5) is 11.5 Å². The van der Waals surface area contributed by atoms with Crippen molar-refractivity contribution in [2.75, 3.05) is 17.6 Å². The molecule has 1 saturated carbocycles. The highest BCUT2D eigenvalue weighted by atomic mass is 16.8. The van der Waals surface area contributed by atoms with Crippen LogP contribution in [0.15, 0.2) is 39.9 Å². The third-order valence-electron chi connectivity index (χ3n) is 3.61. The predicted octanol–water partition coefficient (Wildman–Crippen LogP) is 1.07. The Morgan fingerprint density at radius 1 is 1.32 bits per heavy atom. The number of hydrogen-bond acceptors (Lipinski definition) is 6. The Balaban J connectivity index is 2.25. The van der Waals surface area contributed by atoms with Gasteiger partial charge in [0.25, 0.3) is 5.56 Å². The van der Waals surface area contributed by atoms with E-state index in [0.29, 0.717) is 11.5 Å². The molecule has 2 N–H and O–H groups in total. The summed E-state index contributed by atoms with van der Waals surface area (Å²) in [5, 5.41) is 22.6. The Labute approximate surface area is 125 Å². The van der Waals surface area contributed by atoms with Gasteiger partial charge in [-0.3, -0.25) is 14.6 Å². The quantitative estimate of drug-likeness (QED) is 0.819. The average Bonchev–Trinajstić information content (AvgIpc) is 3.31. The normalized spacial score (nSPS) is 14.0. The molecule has 8 nitrogen and oxygen atoms in total. The van der Waals surface area contributed by atoms with Crippen molar-refractivity contribution in [1.29, 1.82) is 0 Å². The van der Waals surface area contributed by atoms with E-state index >= 15 is 0 Å². The van der Waals surface area contributed by atoms with Crippen LogP contribution in [-0.4, -0.2) is 21.4 Å². The third kappa shape index (κ3) is 2.38. The van der Waals surface area contributed by atoms with Crippen molar-refractivity contribution in [2.24, 2.45) is 0 Å². The molecule has 1 aliphatic carbocycles. The average molecular weight is 303 g/mol. The lowest BCUT2D eigenvalue weighted by molar-refractivity contribution is 0.296. The zero-order chi connectivity index (χ0) is 15.9. The van der Waals surface area contributed by atoms with Gasteiger partial charge >= 0.3 is 5.69 Å². The SMILES string of the molecule is CNc1cc(=O)n(C2CC2)c(=O)n1-c1cccc(N([O-])O)c1. The highest BCUT2D eigenvalue weighted by Crippen LogP contribution is 2.32. The molecule has 1 aliphatic rings. The highest BCUT2D eigenvalue weighted by Gasteiger charge is 2.28. The number of anilines is 2. The first kappa shape index (κ1) is 14.4. The number of nitrogens with zero attached hydrogens (tertiary/aromatic N) is 3. The molecule has 1 fully saturated rings. The lowest BCUT2D eigenvalue weighted by atomic mass is 10.2. The Morgan fingerprint density at radius 3 is 2.64 bits per heavy atom. The molecule has 8 heteroatoms. The fraction of sp³-hybridized carbons (Fsp3) is 0.286. The zero-order valence-electron chi connectivity index (χ0n) is 11.9. The van der Waals surface area contributed by atoms with E-state index in [2.05, 4.69) is 5.32 Å². The lowest BCUT2D eigenvalue weighted by Crippen LogP contribution is -2.39. The molecule has 2 aromatic rings. The maximum atomic E-state index is 12.7. The smallest absolute Gasteiger partial charge is 0.337 e. The zero-order valence-corrected chi connectivity index (χ0v) is 11.9. The third-order valence-corrected chi connectivity index (χ3v) is 3.61. The second-order valence-electron chi connectivity index (χ2n) is 5.13. The number of benzene rings is 1. The molecule has 1 aromatic carbocycles. The van der Waals surface area contributed by atoms with Gasteiger partial charge in [-0.05, 0) is 31.0 Å². The molecule has 0 unspecified atom stereocenters. The maximum Gasteiger partial charge on any atom is 0.337 e. The van der Waals surface area contributed by atoms with Gasteiger partial charge in [-0.2, -0.15) is 0 Å². The molecule has 0 aliphatic heterocycles. The van der Waals surface area contributed by atoms with Crippen LogP contribution in [0, 0.1) is 5.21 Å². The Kier molecular flexibility index (Phi) is 3.47. The van der Waals surface area contributed by atoms with E-state index in [1.165, 1.54) is 27.3 Å². The van der Waals surface area contributed by atoms with Crippen molar-refractivity contribution >= 4 is 11.5 Å². The molecular formula is C14H15N4O4-. The predicted molar refractivity (Wildman–Crippen MR) is 81.7 cm³/mol. The van der Waals surface area contributed by atoms with Gasteiger partial charge in [0.05, 0.1) is 11.4 Å². The Hall–Kier alpha value is -2.58. The van der Waals surface area contributed by atoms with Crippen LogP contribution in [0.25, 0.3) is 5.69 Å². The second-order valence-corrected chi connectivity index (χ2v) is 5.13. The van der Waals surface area contributed by atoms with E-state index in [9.17, 15) is 14.8 Å². The van der Waals surface area contributed by atoms with Crippen molar-refractivity contribution < 1.29 is 5.21 Å². The highest BCUT2D eigenvalue weighted by molar-refractivity contribution is 5.54. The first-order valence-corrected chi connectivity index (χ1v) is 6.86. The van der Waals surface area contributed by atoms with Crippen LogP contribution in [0.3, 0.4) is 0 Å². The number of nitrogens with one attached hydrogen (secondary N) is 1. The largest absolute Gasteiger partial charge is 0.733 e. The summed E-state index contributed by atoms with van der Waals surface area (Å²) in [7, 11) is 1.60. The summed E-state index contributed by atoms with van der Waals surface area (Å²) in [4.78, 5) is 24.7. The maximum absolute atomic E-state index is 12.7. The Morgan fingerprint density at radius 2 is 2.05 bits per heavy atom. The fourth-order valence-electron chi connectivity index (χ4n) is 2.41. The van der Waals surface area contributed by atoms with E-state index < -0.39 is 5.69 Å². The molecule has 1 aromatic heterocycles.